The molecule has 1 fully saturated rings. The van der Waals surface area contributed by atoms with E-state index in [9.17, 15) is 4.79 Å². The summed E-state index contributed by atoms with van der Waals surface area (Å²) < 4.78 is 7.36. The molecular formula is C22H24N2O2. The summed E-state index contributed by atoms with van der Waals surface area (Å²) in [6, 6.07) is 20.3. The molecule has 0 saturated carbocycles. The van der Waals surface area contributed by atoms with Crippen molar-refractivity contribution in [3.05, 3.63) is 71.9 Å². The topological polar surface area (TPSA) is 43.3 Å². The van der Waals surface area contributed by atoms with Gasteiger partial charge < -0.3 is 10.1 Å². The molecule has 4 rings (SSSR count). The van der Waals surface area contributed by atoms with Crippen LogP contribution in [0, 0.1) is 0 Å². The Labute approximate surface area is 153 Å². The summed E-state index contributed by atoms with van der Waals surface area (Å²) in [7, 11) is 0. The van der Waals surface area contributed by atoms with E-state index in [1.54, 1.807) is 4.57 Å². The second-order valence-corrected chi connectivity index (χ2v) is 6.92. The average Bonchev–Trinajstić information content (AvgIpc) is 3.05. The summed E-state index contributed by atoms with van der Waals surface area (Å²) in [5, 5.41) is 4.65. The Balaban J connectivity index is 1.59. The molecule has 0 aliphatic carbocycles. The molecule has 1 aliphatic heterocycles. The van der Waals surface area contributed by atoms with Crippen LogP contribution in [0.15, 0.2) is 60.7 Å². The molecule has 134 valence electrons. The van der Waals surface area contributed by atoms with Gasteiger partial charge in [0.15, 0.2) is 0 Å². The smallest absolute Gasteiger partial charge is 0.419 e. The lowest BCUT2D eigenvalue weighted by Crippen LogP contribution is -2.36. The first-order valence-corrected chi connectivity index (χ1v) is 9.35. The third-order valence-electron chi connectivity index (χ3n) is 5.04. The minimum absolute atomic E-state index is 0.285. The number of hydrogen-bond acceptors (Lipinski definition) is 3. The minimum Gasteiger partial charge on any atom is -0.444 e. The van der Waals surface area contributed by atoms with E-state index in [4.69, 9.17) is 4.74 Å². The lowest BCUT2D eigenvalue weighted by molar-refractivity contribution is 0.141. The lowest BCUT2D eigenvalue weighted by Gasteiger charge is -2.23. The number of ether oxygens (including phenoxy) is 1. The van der Waals surface area contributed by atoms with Gasteiger partial charge in [-0.25, -0.2) is 9.36 Å². The van der Waals surface area contributed by atoms with Gasteiger partial charge in [-0.05, 0) is 37.1 Å². The Bertz CT molecular complexity index is 880. The fourth-order valence-electron chi connectivity index (χ4n) is 3.71. The number of aromatic nitrogens is 1. The second-order valence-electron chi connectivity index (χ2n) is 6.92. The van der Waals surface area contributed by atoms with E-state index in [2.05, 4.69) is 11.4 Å². The Morgan fingerprint density at radius 2 is 1.88 bits per heavy atom. The molecule has 4 nitrogen and oxygen atoms in total. The normalized spacial score (nSPS) is 17.3. The monoisotopic (exact) mass is 348 g/mol. The van der Waals surface area contributed by atoms with Gasteiger partial charge in [0.1, 0.15) is 6.61 Å². The maximum Gasteiger partial charge on any atom is 0.419 e. The van der Waals surface area contributed by atoms with Gasteiger partial charge in [0.2, 0.25) is 0 Å². The van der Waals surface area contributed by atoms with Crippen molar-refractivity contribution >= 4 is 17.0 Å². The molecule has 0 spiro atoms. The highest BCUT2D eigenvalue weighted by molar-refractivity contribution is 5.90. The van der Waals surface area contributed by atoms with Crippen LogP contribution in [0.2, 0.25) is 0 Å². The molecule has 2 heterocycles. The van der Waals surface area contributed by atoms with Gasteiger partial charge in [0, 0.05) is 23.5 Å². The molecule has 0 amide bonds. The van der Waals surface area contributed by atoms with Crippen molar-refractivity contribution in [1.82, 2.24) is 9.88 Å². The van der Waals surface area contributed by atoms with Crippen LogP contribution in [0.1, 0.15) is 30.5 Å². The van der Waals surface area contributed by atoms with Gasteiger partial charge in [-0.3, -0.25) is 0 Å². The molecule has 1 atom stereocenters. The maximum atomic E-state index is 12.9. The van der Waals surface area contributed by atoms with Crippen molar-refractivity contribution in [2.75, 3.05) is 6.54 Å². The quantitative estimate of drug-likeness (QED) is 0.754. The summed E-state index contributed by atoms with van der Waals surface area (Å²) in [5.74, 6) is 0. The number of benzene rings is 2. The van der Waals surface area contributed by atoms with E-state index in [1.165, 1.54) is 12.8 Å². The highest BCUT2D eigenvalue weighted by Crippen LogP contribution is 2.23. The van der Waals surface area contributed by atoms with Crippen LogP contribution in [0.25, 0.3) is 10.9 Å². The molecule has 26 heavy (non-hydrogen) atoms. The van der Waals surface area contributed by atoms with E-state index in [0.29, 0.717) is 6.04 Å². The Kier molecular flexibility index (Phi) is 5.02. The van der Waals surface area contributed by atoms with Crippen molar-refractivity contribution in [2.24, 2.45) is 0 Å². The number of nitrogens with one attached hydrogen (secondary N) is 1. The van der Waals surface area contributed by atoms with Gasteiger partial charge in [0.25, 0.3) is 0 Å². The molecule has 2 aromatic carbocycles. The zero-order valence-electron chi connectivity index (χ0n) is 14.9. The molecule has 0 bridgehead atoms. The van der Waals surface area contributed by atoms with E-state index < -0.39 is 0 Å². The van der Waals surface area contributed by atoms with Crippen molar-refractivity contribution < 1.29 is 9.53 Å². The van der Waals surface area contributed by atoms with Crippen molar-refractivity contribution in [3.8, 4) is 0 Å². The first-order chi connectivity index (χ1) is 12.8. The average molecular weight is 348 g/mol. The molecule has 1 unspecified atom stereocenters. The predicted octanol–water partition coefficient (Wildman–Crippen LogP) is 4.51. The van der Waals surface area contributed by atoms with Crippen molar-refractivity contribution in [2.45, 2.75) is 38.3 Å². The van der Waals surface area contributed by atoms with Gasteiger partial charge in [-0.2, -0.15) is 0 Å². The fraction of sp³-hybridized carbons (Fsp3) is 0.318. The number of piperidine rings is 1. The number of rotatable bonds is 4. The number of hydrogen-bond donors (Lipinski definition) is 1. The third-order valence-corrected chi connectivity index (χ3v) is 5.04. The maximum absolute atomic E-state index is 12.9. The van der Waals surface area contributed by atoms with Crippen LogP contribution in [-0.4, -0.2) is 23.2 Å². The highest BCUT2D eigenvalue weighted by Gasteiger charge is 2.20. The van der Waals surface area contributed by atoms with Crippen LogP contribution in [0.5, 0.6) is 0 Å². The Morgan fingerprint density at radius 1 is 1.08 bits per heavy atom. The molecule has 4 heteroatoms. The standard InChI is InChI=1S/C22H24N2O2/c25-22(26-16-17-8-2-1-3-9-17)24-20(15-19-11-6-7-13-23-19)14-18-10-4-5-12-21(18)24/h1-5,8-10,12,14,19,23H,6-7,11,13,15-16H2. The van der Waals surface area contributed by atoms with Crippen LogP contribution < -0.4 is 5.32 Å². The van der Waals surface area contributed by atoms with Crippen LogP contribution in [-0.2, 0) is 17.8 Å². The zero-order valence-corrected chi connectivity index (χ0v) is 14.9. The zero-order chi connectivity index (χ0) is 17.8. The summed E-state index contributed by atoms with van der Waals surface area (Å²) in [5.41, 5.74) is 2.92. The highest BCUT2D eigenvalue weighted by atomic mass is 16.5. The van der Waals surface area contributed by atoms with Crippen molar-refractivity contribution in [1.29, 1.82) is 0 Å². The minimum atomic E-state index is -0.305. The van der Waals surface area contributed by atoms with Gasteiger partial charge in [-0.15, -0.1) is 0 Å². The molecule has 0 radical (unpaired) electrons. The lowest BCUT2D eigenvalue weighted by atomic mass is 10.0. The number of carbonyl (C=O) groups is 1. The fourth-order valence-corrected chi connectivity index (χ4v) is 3.71. The predicted molar refractivity (Wildman–Crippen MR) is 103 cm³/mol. The van der Waals surface area contributed by atoms with Crippen LogP contribution in [0.3, 0.4) is 0 Å². The van der Waals surface area contributed by atoms with Gasteiger partial charge in [0.05, 0.1) is 5.52 Å². The largest absolute Gasteiger partial charge is 0.444 e. The van der Waals surface area contributed by atoms with Crippen LogP contribution in [0.4, 0.5) is 4.79 Å². The molecule has 1 saturated heterocycles. The summed E-state index contributed by atoms with van der Waals surface area (Å²) >= 11 is 0. The number of carbonyl (C=O) groups excluding carboxylic acids is 1. The molecule has 1 N–H and O–H groups in total. The second kappa shape index (κ2) is 7.75. The number of fused-ring (bicyclic) bond motifs is 1. The van der Waals surface area contributed by atoms with E-state index in [0.717, 1.165) is 41.5 Å². The summed E-state index contributed by atoms with van der Waals surface area (Å²) in [6.45, 7) is 1.34. The van der Waals surface area contributed by atoms with E-state index in [-0.39, 0.29) is 12.7 Å². The van der Waals surface area contributed by atoms with Gasteiger partial charge in [-0.1, -0.05) is 55.0 Å². The first kappa shape index (κ1) is 16.9. The molecule has 3 aromatic rings. The number of para-hydroxylation sites is 1. The van der Waals surface area contributed by atoms with Gasteiger partial charge >= 0.3 is 6.09 Å². The van der Waals surface area contributed by atoms with E-state index >= 15 is 0 Å². The van der Waals surface area contributed by atoms with Crippen molar-refractivity contribution in [3.63, 3.8) is 0 Å². The molecular weight excluding hydrogens is 324 g/mol. The first-order valence-electron chi connectivity index (χ1n) is 9.35. The summed E-state index contributed by atoms with van der Waals surface area (Å²) in [4.78, 5) is 12.9. The van der Waals surface area contributed by atoms with E-state index in [1.807, 2.05) is 54.6 Å². The Hall–Kier alpha value is -2.59. The molecule has 1 aliphatic rings. The SMILES string of the molecule is O=C(OCc1ccccc1)n1c(CC2CCCCN2)cc2ccccc21. The number of nitrogens with zero attached hydrogens (tertiary/aromatic N) is 1. The Morgan fingerprint density at radius 3 is 2.69 bits per heavy atom. The molecule has 1 aromatic heterocycles. The summed E-state index contributed by atoms with van der Waals surface area (Å²) in [6.07, 6.45) is 4.17. The third kappa shape index (κ3) is 3.65. The van der Waals surface area contributed by atoms with Crippen LogP contribution >= 0.6 is 0 Å².